The van der Waals surface area contributed by atoms with Crippen LogP contribution in [-0.4, -0.2) is 13.2 Å². The van der Waals surface area contributed by atoms with Gasteiger partial charge in [-0.25, -0.2) is 0 Å². The monoisotopic (exact) mass is 296 g/mol. The molecule has 2 aromatic rings. The number of rotatable bonds is 9. The Balaban J connectivity index is 1.83. The third-order valence-corrected chi connectivity index (χ3v) is 3.67. The number of methoxy groups -OCH3 is 1. The number of benzene rings is 2. The lowest BCUT2D eigenvalue weighted by atomic mass is 10.0. The van der Waals surface area contributed by atoms with Gasteiger partial charge in [0.2, 0.25) is 0 Å². The fraction of sp³-hybridized carbons (Fsp3) is 0.300. The van der Waals surface area contributed by atoms with Crippen LogP contribution in [0.15, 0.2) is 67.3 Å². The quantitative estimate of drug-likeness (QED) is 0.619. The van der Waals surface area contributed by atoms with E-state index in [-0.39, 0.29) is 6.10 Å². The van der Waals surface area contributed by atoms with Crippen molar-refractivity contribution in [2.75, 3.05) is 7.11 Å². The first-order chi connectivity index (χ1) is 10.8. The van der Waals surface area contributed by atoms with Gasteiger partial charge in [-0.05, 0) is 42.5 Å². The molecule has 2 rings (SSSR count). The zero-order valence-electron chi connectivity index (χ0n) is 13.2. The minimum atomic E-state index is 0.208. The Hall–Kier alpha value is -2.06. The van der Waals surface area contributed by atoms with Gasteiger partial charge in [0.1, 0.15) is 5.75 Å². The van der Waals surface area contributed by atoms with E-state index in [0.717, 1.165) is 30.6 Å². The summed E-state index contributed by atoms with van der Waals surface area (Å²) < 4.78 is 11.2. The minimum absolute atomic E-state index is 0.208. The van der Waals surface area contributed by atoms with Gasteiger partial charge in [-0.15, -0.1) is 6.58 Å². The molecule has 0 heterocycles. The first kappa shape index (κ1) is 16.3. The van der Waals surface area contributed by atoms with E-state index in [4.69, 9.17) is 9.47 Å². The first-order valence-corrected chi connectivity index (χ1v) is 7.71. The molecule has 0 spiro atoms. The van der Waals surface area contributed by atoms with Crippen molar-refractivity contribution in [3.63, 3.8) is 0 Å². The Morgan fingerprint density at radius 1 is 1.00 bits per heavy atom. The average molecular weight is 296 g/mol. The second kappa shape index (κ2) is 9.06. The van der Waals surface area contributed by atoms with E-state index >= 15 is 0 Å². The summed E-state index contributed by atoms with van der Waals surface area (Å²) in [6.07, 6.45) is 5.06. The van der Waals surface area contributed by atoms with E-state index in [0.29, 0.717) is 6.61 Å². The molecule has 2 heteroatoms. The van der Waals surface area contributed by atoms with Crippen molar-refractivity contribution in [1.29, 1.82) is 0 Å². The van der Waals surface area contributed by atoms with Crippen LogP contribution >= 0.6 is 0 Å². The van der Waals surface area contributed by atoms with Crippen molar-refractivity contribution < 1.29 is 9.47 Å². The molecule has 0 aliphatic carbocycles. The Bertz CT molecular complexity index is 546. The van der Waals surface area contributed by atoms with E-state index in [2.05, 4.69) is 30.8 Å². The molecule has 22 heavy (non-hydrogen) atoms. The second-order valence-corrected chi connectivity index (χ2v) is 5.33. The molecule has 0 fully saturated rings. The second-order valence-electron chi connectivity index (χ2n) is 5.33. The lowest BCUT2D eigenvalue weighted by Crippen LogP contribution is -2.13. The maximum Gasteiger partial charge on any atom is 0.118 e. The molecule has 116 valence electrons. The zero-order chi connectivity index (χ0) is 15.6. The molecular formula is C20H24O2. The molecule has 2 aromatic carbocycles. The number of hydrogen-bond donors (Lipinski definition) is 0. The minimum Gasteiger partial charge on any atom is -0.497 e. The van der Waals surface area contributed by atoms with Crippen LogP contribution < -0.4 is 4.74 Å². The molecule has 0 saturated heterocycles. The summed E-state index contributed by atoms with van der Waals surface area (Å²) in [5, 5.41) is 0. The van der Waals surface area contributed by atoms with E-state index < -0.39 is 0 Å². The Morgan fingerprint density at radius 2 is 1.73 bits per heavy atom. The largest absolute Gasteiger partial charge is 0.497 e. The van der Waals surface area contributed by atoms with Gasteiger partial charge in [0.05, 0.1) is 19.8 Å². The van der Waals surface area contributed by atoms with Crippen LogP contribution in [0, 0.1) is 0 Å². The maximum absolute atomic E-state index is 6.05. The summed E-state index contributed by atoms with van der Waals surface area (Å²) in [6.45, 7) is 4.46. The summed E-state index contributed by atoms with van der Waals surface area (Å²) in [7, 11) is 1.68. The van der Waals surface area contributed by atoms with Crippen molar-refractivity contribution >= 4 is 0 Å². The van der Waals surface area contributed by atoms with Gasteiger partial charge in [-0.3, -0.25) is 0 Å². The van der Waals surface area contributed by atoms with Gasteiger partial charge in [-0.1, -0.05) is 48.5 Å². The van der Waals surface area contributed by atoms with Crippen LogP contribution in [0.5, 0.6) is 5.75 Å². The van der Waals surface area contributed by atoms with Crippen molar-refractivity contribution in [3.05, 3.63) is 78.4 Å². The summed E-state index contributed by atoms with van der Waals surface area (Å²) in [5.41, 5.74) is 2.51. The molecule has 0 unspecified atom stereocenters. The standard InChI is InChI=1S/C20H24O2/c1-3-7-20(15-10-17-8-5-4-6-9-17)22-16-18-11-13-19(21-2)14-12-18/h3-6,8-9,11-14,20H,1,7,10,15-16H2,2H3/t20-/m1/s1. The van der Waals surface area contributed by atoms with Crippen LogP contribution in [0.1, 0.15) is 24.0 Å². The van der Waals surface area contributed by atoms with Gasteiger partial charge in [0.15, 0.2) is 0 Å². The van der Waals surface area contributed by atoms with Crippen molar-refractivity contribution in [2.45, 2.75) is 32.0 Å². The summed E-state index contributed by atoms with van der Waals surface area (Å²) in [4.78, 5) is 0. The smallest absolute Gasteiger partial charge is 0.118 e. The van der Waals surface area contributed by atoms with Crippen molar-refractivity contribution in [1.82, 2.24) is 0 Å². The molecule has 0 aromatic heterocycles. The Labute approximate surface area is 133 Å². The lowest BCUT2D eigenvalue weighted by molar-refractivity contribution is 0.0373. The molecule has 0 saturated carbocycles. The van der Waals surface area contributed by atoms with Crippen LogP contribution in [0.25, 0.3) is 0 Å². The highest BCUT2D eigenvalue weighted by atomic mass is 16.5. The highest BCUT2D eigenvalue weighted by Gasteiger charge is 2.08. The molecule has 0 aliphatic heterocycles. The zero-order valence-corrected chi connectivity index (χ0v) is 13.2. The summed E-state index contributed by atoms with van der Waals surface area (Å²) >= 11 is 0. The average Bonchev–Trinajstić information content (AvgIpc) is 2.59. The fourth-order valence-corrected chi connectivity index (χ4v) is 2.36. The molecule has 0 N–H and O–H groups in total. The highest BCUT2D eigenvalue weighted by molar-refractivity contribution is 5.26. The third kappa shape index (κ3) is 5.38. The molecule has 1 atom stereocenters. The Morgan fingerprint density at radius 3 is 2.36 bits per heavy atom. The number of hydrogen-bond acceptors (Lipinski definition) is 2. The topological polar surface area (TPSA) is 18.5 Å². The van der Waals surface area contributed by atoms with Gasteiger partial charge in [0.25, 0.3) is 0 Å². The fourth-order valence-electron chi connectivity index (χ4n) is 2.36. The van der Waals surface area contributed by atoms with Crippen LogP contribution in [0.4, 0.5) is 0 Å². The van der Waals surface area contributed by atoms with Crippen LogP contribution in [0.2, 0.25) is 0 Å². The SMILES string of the molecule is C=CC[C@H](CCc1ccccc1)OCc1ccc(OC)cc1. The van der Waals surface area contributed by atoms with Crippen LogP contribution in [0.3, 0.4) is 0 Å². The maximum atomic E-state index is 6.05. The van der Waals surface area contributed by atoms with Gasteiger partial charge >= 0.3 is 0 Å². The predicted octanol–water partition coefficient (Wildman–Crippen LogP) is 4.79. The number of ether oxygens (including phenoxy) is 2. The molecule has 0 radical (unpaired) electrons. The highest BCUT2D eigenvalue weighted by Crippen LogP contribution is 2.16. The molecule has 0 amide bonds. The number of aryl methyl sites for hydroxylation is 1. The van der Waals surface area contributed by atoms with Crippen LogP contribution in [-0.2, 0) is 17.8 Å². The predicted molar refractivity (Wildman–Crippen MR) is 91.1 cm³/mol. The first-order valence-electron chi connectivity index (χ1n) is 7.71. The van der Waals surface area contributed by atoms with Crippen molar-refractivity contribution in [2.24, 2.45) is 0 Å². The Kier molecular flexibility index (Phi) is 6.72. The molecule has 2 nitrogen and oxygen atoms in total. The molecule has 0 bridgehead atoms. The lowest BCUT2D eigenvalue weighted by Gasteiger charge is -2.16. The normalized spacial score (nSPS) is 11.9. The molecule has 0 aliphatic rings. The van der Waals surface area contributed by atoms with E-state index in [9.17, 15) is 0 Å². The van der Waals surface area contributed by atoms with Crippen molar-refractivity contribution in [3.8, 4) is 5.75 Å². The summed E-state index contributed by atoms with van der Waals surface area (Å²) in [5.74, 6) is 0.871. The molecular weight excluding hydrogens is 272 g/mol. The summed E-state index contributed by atoms with van der Waals surface area (Å²) in [6, 6.07) is 18.5. The van der Waals surface area contributed by atoms with E-state index in [1.807, 2.05) is 36.4 Å². The van der Waals surface area contributed by atoms with E-state index in [1.54, 1.807) is 7.11 Å². The van der Waals surface area contributed by atoms with E-state index in [1.165, 1.54) is 5.56 Å². The third-order valence-electron chi connectivity index (χ3n) is 3.67. The van der Waals surface area contributed by atoms with Gasteiger partial charge in [0, 0.05) is 0 Å². The van der Waals surface area contributed by atoms with Gasteiger partial charge < -0.3 is 9.47 Å². The van der Waals surface area contributed by atoms with Gasteiger partial charge in [-0.2, -0.15) is 0 Å².